The minimum absolute atomic E-state index is 0.203. The Labute approximate surface area is 150 Å². The zero-order chi connectivity index (χ0) is 18.0. The van der Waals surface area contributed by atoms with E-state index in [1.165, 1.54) is 0 Å². The first-order chi connectivity index (χ1) is 11.9. The molecular formula is C17H18ClN5O2. The largest absolute Gasteiger partial charge is 0.462 e. The van der Waals surface area contributed by atoms with Gasteiger partial charge in [-0.2, -0.15) is 5.10 Å². The summed E-state index contributed by atoms with van der Waals surface area (Å²) in [5.41, 5.74) is 1.66. The highest BCUT2D eigenvalue weighted by molar-refractivity contribution is 6.31. The number of carbonyl (C=O) groups is 1. The van der Waals surface area contributed by atoms with Gasteiger partial charge in [0.25, 0.3) is 11.8 Å². The second-order valence-corrected chi connectivity index (χ2v) is 6.01. The second kappa shape index (κ2) is 6.98. The van der Waals surface area contributed by atoms with E-state index in [9.17, 15) is 4.79 Å². The first-order valence-electron chi connectivity index (χ1n) is 7.73. The van der Waals surface area contributed by atoms with Crippen LogP contribution >= 0.6 is 11.6 Å². The third kappa shape index (κ3) is 3.83. The summed E-state index contributed by atoms with van der Waals surface area (Å²) in [6, 6.07) is 11.3. The number of hydrogen-bond acceptors (Lipinski definition) is 4. The van der Waals surface area contributed by atoms with Crippen LogP contribution in [0.3, 0.4) is 0 Å². The Morgan fingerprint density at radius 1 is 1.28 bits per heavy atom. The van der Waals surface area contributed by atoms with Crippen molar-refractivity contribution in [3.63, 3.8) is 0 Å². The van der Waals surface area contributed by atoms with E-state index in [0.717, 1.165) is 11.4 Å². The summed E-state index contributed by atoms with van der Waals surface area (Å²) < 4.78 is 8.82. The van der Waals surface area contributed by atoms with Crippen molar-refractivity contribution in [1.82, 2.24) is 19.6 Å². The van der Waals surface area contributed by atoms with Crippen molar-refractivity contribution in [3.8, 4) is 11.6 Å². The van der Waals surface area contributed by atoms with E-state index in [1.807, 2.05) is 37.3 Å². The van der Waals surface area contributed by atoms with Gasteiger partial charge in [-0.15, -0.1) is 5.10 Å². The summed E-state index contributed by atoms with van der Waals surface area (Å²) in [7, 11) is 1.76. The molecule has 0 aliphatic rings. The Morgan fingerprint density at radius 3 is 2.64 bits per heavy atom. The van der Waals surface area contributed by atoms with Gasteiger partial charge in [-0.25, -0.2) is 4.68 Å². The lowest BCUT2D eigenvalue weighted by Gasteiger charge is -2.13. The van der Waals surface area contributed by atoms with Gasteiger partial charge in [0.2, 0.25) is 0 Å². The van der Waals surface area contributed by atoms with E-state index < -0.39 is 6.10 Å². The lowest BCUT2D eigenvalue weighted by atomic mass is 10.3. The second-order valence-electron chi connectivity index (χ2n) is 5.61. The van der Waals surface area contributed by atoms with E-state index in [2.05, 4.69) is 15.5 Å². The first kappa shape index (κ1) is 17.0. The topological polar surface area (TPSA) is 74.0 Å². The number of aromatic nitrogens is 4. The molecule has 7 nitrogen and oxygen atoms in total. The molecule has 2 aromatic heterocycles. The van der Waals surface area contributed by atoms with E-state index in [-0.39, 0.29) is 11.8 Å². The van der Waals surface area contributed by atoms with Crippen molar-refractivity contribution in [2.24, 2.45) is 7.05 Å². The maximum atomic E-state index is 12.3. The van der Waals surface area contributed by atoms with Gasteiger partial charge in [0, 0.05) is 13.1 Å². The smallest absolute Gasteiger partial charge is 0.266 e. The number of nitrogens with one attached hydrogen (secondary N) is 1. The maximum Gasteiger partial charge on any atom is 0.266 e. The van der Waals surface area contributed by atoms with Crippen molar-refractivity contribution in [3.05, 3.63) is 53.3 Å². The van der Waals surface area contributed by atoms with Gasteiger partial charge >= 0.3 is 0 Å². The van der Waals surface area contributed by atoms with Crippen LogP contribution in [-0.2, 0) is 11.8 Å². The lowest BCUT2D eigenvalue weighted by molar-refractivity contribution is -0.122. The highest BCUT2D eigenvalue weighted by Crippen LogP contribution is 2.25. The molecule has 0 radical (unpaired) electrons. The fourth-order valence-electron chi connectivity index (χ4n) is 2.31. The van der Waals surface area contributed by atoms with Crippen molar-refractivity contribution in [1.29, 1.82) is 0 Å². The number of ether oxygens (including phenoxy) is 1. The van der Waals surface area contributed by atoms with Crippen LogP contribution in [0.25, 0.3) is 5.69 Å². The molecule has 0 saturated heterocycles. The number of amides is 1. The molecular weight excluding hydrogens is 342 g/mol. The molecule has 3 rings (SSSR count). The number of hydrogen-bond donors (Lipinski definition) is 1. The SMILES string of the molecule is Cc1cc(NC(=O)C(C)Oc2nn(-c3ccccc3)cc2Cl)n(C)n1. The summed E-state index contributed by atoms with van der Waals surface area (Å²) >= 11 is 6.18. The van der Waals surface area contributed by atoms with Crippen LogP contribution in [0, 0.1) is 6.92 Å². The minimum atomic E-state index is -0.771. The third-order valence-electron chi connectivity index (χ3n) is 3.57. The molecule has 1 amide bonds. The molecule has 3 aromatic rings. The van der Waals surface area contributed by atoms with Crippen molar-refractivity contribution < 1.29 is 9.53 Å². The summed E-state index contributed by atoms with van der Waals surface area (Å²) in [5, 5.41) is 11.6. The van der Waals surface area contributed by atoms with E-state index >= 15 is 0 Å². The number of anilines is 1. The molecule has 1 N–H and O–H groups in total. The Kier molecular flexibility index (Phi) is 4.76. The number of aryl methyl sites for hydroxylation is 2. The molecule has 0 spiro atoms. The lowest BCUT2D eigenvalue weighted by Crippen LogP contribution is -2.31. The van der Waals surface area contributed by atoms with Gasteiger partial charge in [-0.3, -0.25) is 9.48 Å². The predicted octanol–water partition coefficient (Wildman–Crippen LogP) is 2.97. The van der Waals surface area contributed by atoms with Crippen LogP contribution in [0.5, 0.6) is 5.88 Å². The molecule has 25 heavy (non-hydrogen) atoms. The van der Waals surface area contributed by atoms with Gasteiger partial charge in [0.05, 0.1) is 17.6 Å². The van der Waals surface area contributed by atoms with Crippen LogP contribution in [0.2, 0.25) is 5.02 Å². The maximum absolute atomic E-state index is 12.3. The van der Waals surface area contributed by atoms with Crippen molar-refractivity contribution in [2.45, 2.75) is 20.0 Å². The molecule has 0 fully saturated rings. The van der Waals surface area contributed by atoms with Gasteiger partial charge in [-0.05, 0) is 26.0 Å². The first-order valence-corrected chi connectivity index (χ1v) is 8.10. The fourth-order valence-corrected chi connectivity index (χ4v) is 2.48. The monoisotopic (exact) mass is 359 g/mol. The van der Waals surface area contributed by atoms with Crippen molar-refractivity contribution >= 4 is 23.3 Å². The molecule has 8 heteroatoms. The van der Waals surface area contributed by atoms with Crippen LogP contribution in [-0.4, -0.2) is 31.6 Å². The highest BCUT2D eigenvalue weighted by atomic mass is 35.5. The van der Waals surface area contributed by atoms with Crippen LogP contribution < -0.4 is 10.1 Å². The number of nitrogens with zero attached hydrogens (tertiary/aromatic N) is 4. The van der Waals surface area contributed by atoms with E-state index in [0.29, 0.717) is 10.8 Å². The van der Waals surface area contributed by atoms with Gasteiger partial charge in [0.1, 0.15) is 10.8 Å². The number of para-hydroxylation sites is 1. The number of halogens is 1. The summed E-state index contributed by atoms with van der Waals surface area (Å²) in [4.78, 5) is 12.3. The van der Waals surface area contributed by atoms with E-state index in [1.54, 1.807) is 35.6 Å². The Hall–Kier alpha value is -2.80. The average Bonchev–Trinajstić information content (AvgIpc) is 3.10. The molecule has 0 saturated carbocycles. The molecule has 0 aliphatic heterocycles. The van der Waals surface area contributed by atoms with E-state index in [4.69, 9.17) is 16.3 Å². The normalized spacial score (nSPS) is 12.0. The molecule has 0 bridgehead atoms. The third-order valence-corrected chi connectivity index (χ3v) is 3.83. The molecule has 1 atom stereocenters. The molecule has 1 unspecified atom stereocenters. The van der Waals surface area contributed by atoms with Gasteiger partial charge in [0.15, 0.2) is 6.10 Å². The number of benzene rings is 1. The summed E-state index contributed by atoms with van der Waals surface area (Å²) in [6.45, 7) is 3.49. The zero-order valence-corrected chi connectivity index (χ0v) is 14.9. The minimum Gasteiger partial charge on any atom is -0.462 e. The standard InChI is InChI=1S/C17H18ClN5O2/c1-11-9-15(22(3)20-11)19-16(24)12(2)25-17-14(18)10-23(21-17)13-7-5-4-6-8-13/h4-10,12H,1-3H3,(H,19,24). The Bertz CT molecular complexity index is 888. The summed E-state index contributed by atoms with van der Waals surface area (Å²) in [5.74, 6) is 0.488. The molecule has 130 valence electrons. The molecule has 2 heterocycles. The Morgan fingerprint density at radius 2 is 2.00 bits per heavy atom. The van der Waals surface area contributed by atoms with Crippen molar-refractivity contribution in [2.75, 3.05) is 5.32 Å². The van der Waals surface area contributed by atoms with Gasteiger partial charge in [-0.1, -0.05) is 29.8 Å². The molecule has 0 aliphatic carbocycles. The average molecular weight is 360 g/mol. The van der Waals surface area contributed by atoms with Crippen LogP contribution in [0.1, 0.15) is 12.6 Å². The Balaban J connectivity index is 1.70. The quantitative estimate of drug-likeness (QED) is 0.760. The van der Waals surface area contributed by atoms with Crippen LogP contribution in [0.4, 0.5) is 5.82 Å². The van der Waals surface area contributed by atoms with Gasteiger partial charge < -0.3 is 10.1 Å². The fraction of sp³-hybridized carbons (Fsp3) is 0.235. The van der Waals surface area contributed by atoms with Crippen LogP contribution in [0.15, 0.2) is 42.6 Å². The highest BCUT2D eigenvalue weighted by Gasteiger charge is 2.20. The predicted molar refractivity (Wildman–Crippen MR) is 95.2 cm³/mol. The summed E-state index contributed by atoms with van der Waals surface area (Å²) in [6.07, 6.45) is 0.869. The number of carbonyl (C=O) groups excluding carboxylic acids is 1. The molecule has 1 aromatic carbocycles. The zero-order valence-electron chi connectivity index (χ0n) is 14.1. The number of rotatable bonds is 5.